The zero-order valence-corrected chi connectivity index (χ0v) is 12.0. The molecule has 1 aromatic carbocycles. The minimum Gasteiger partial charge on any atom is -0.325 e. The molecular weight excluding hydrogens is 330 g/mol. The Hall–Kier alpha value is -2.22. The first-order valence-corrected chi connectivity index (χ1v) is 6.38. The third-order valence-electron chi connectivity index (χ3n) is 2.68. The average Bonchev–Trinajstić information content (AvgIpc) is 2.59. The van der Waals surface area contributed by atoms with Crippen LogP contribution in [0.3, 0.4) is 0 Å². The van der Waals surface area contributed by atoms with Gasteiger partial charge in [-0.15, -0.1) is 0 Å². The molecule has 20 heavy (non-hydrogen) atoms. The molecule has 1 heterocycles. The molecule has 5 amide bonds. The molecule has 1 saturated heterocycles. The molecule has 1 aliphatic heterocycles. The Balaban J connectivity index is 2.02. The lowest BCUT2D eigenvalue weighted by molar-refractivity contribution is -0.143. The van der Waals surface area contributed by atoms with E-state index in [1.165, 1.54) is 7.05 Å². The van der Waals surface area contributed by atoms with Crippen LogP contribution in [0.5, 0.6) is 0 Å². The number of hydrogen-bond acceptors (Lipinski definition) is 4. The highest BCUT2D eigenvalue weighted by Gasteiger charge is 2.42. The molecular formula is C12H10BrN3O4. The molecule has 2 rings (SSSR count). The molecule has 0 spiro atoms. The summed E-state index contributed by atoms with van der Waals surface area (Å²) < 4.78 is 0.854. The molecule has 0 atom stereocenters. The number of nitrogens with zero attached hydrogens (tertiary/aromatic N) is 2. The van der Waals surface area contributed by atoms with Crippen molar-refractivity contribution in [2.24, 2.45) is 0 Å². The zero-order chi connectivity index (χ0) is 14.9. The van der Waals surface area contributed by atoms with E-state index in [0.717, 1.165) is 4.47 Å². The van der Waals surface area contributed by atoms with Crippen molar-refractivity contribution in [3.63, 3.8) is 0 Å². The minimum atomic E-state index is -0.997. The Morgan fingerprint density at radius 2 is 1.75 bits per heavy atom. The van der Waals surface area contributed by atoms with Gasteiger partial charge >= 0.3 is 17.8 Å². The summed E-state index contributed by atoms with van der Waals surface area (Å²) in [5, 5.41) is 2.53. The molecule has 8 heteroatoms. The molecule has 0 radical (unpaired) electrons. The first-order valence-electron chi connectivity index (χ1n) is 5.59. The number of rotatable bonds is 3. The predicted molar refractivity (Wildman–Crippen MR) is 72.7 cm³/mol. The molecule has 0 aromatic heterocycles. The fourth-order valence-corrected chi connectivity index (χ4v) is 1.89. The second-order valence-electron chi connectivity index (χ2n) is 4.09. The fourth-order valence-electron chi connectivity index (χ4n) is 1.63. The lowest BCUT2D eigenvalue weighted by Crippen LogP contribution is -2.38. The quantitative estimate of drug-likeness (QED) is 0.652. The summed E-state index contributed by atoms with van der Waals surface area (Å²) in [6.45, 7) is -0.496. The summed E-state index contributed by atoms with van der Waals surface area (Å²) in [7, 11) is 1.19. The van der Waals surface area contributed by atoms with E-state index in [1.54, 1.807) is 24.3 Å². The van der Waals surface area contributed by atoms with Gasteiger partial charge in [-0.05, 0) is 24.3 Å². The van der Waals surface area contributed by atoms with Crippen LogP contribution >= 0.6 is 15.9 Å². The van der Waals surface area contributed by atoms with E-state index in [0.29, 0.717) is 15.5 Å². The zero-order valence-electron chi connectivity index (χ0n) is 10.4. The summed E-state index contributed by atoms with van der Waals surface area (Å²) >= 11 is 3.26. The predicted octanol–water partition coefficient (Wildman–Crippen LogP) is 0.808. The number of anilines is 1. The molecule has 7 nitrogen and oxygen atoms in total. The number of carbonyl (C=O) groups is 4. The Bertz CT molecular complexity index is 599. The molecule has 0 bridgehead atoms. The minimum absolute atomic E-state index is 0.496. The van der Waals surface area contributed by atoms with Crippen molar-refractivity contribution in [3.8, 4) is 0 Å². The van der Waals surface area contributed by atoms with Gasteiger partial charge in [0.15, 0.2) is 0 Å². The van der Waals surface area contributed by atoms with Crippen LogP contribution in [-0.4, -0.2) is 47.1 Å². The van der Waals surface area contributed by atoms with Gasteiger partial charge < -0.3 is 5.32 Å². The van der Waals surface area contributed by atoms with Crippen LogP contribution in [0.1, 0.15) is 0 Å². The van der Waals surface area contributed by atoms with Crippen molar-refractivity contribution in [1.29, 1.82) is 0 Å². The number of urea groups is 1. The molecule has 0 aliphatic carbocycles. The van der Waals surface area contributed by atoms with E-state index < -0.39 is 30.3 Å². The monoisotopic (exact) mass is 339 g/mol. The van der Waals surface area contributed by atoms with E-state index in [4.69, 9.17) is 0 Å². The number of nitrogens with one attached hydrogen (secondary N) is 1. The largest absolute Gasteiger partial charge is 0.334 e. The molecule has 1 N–H and O–H groups in total. The summed E-state index contributed by atoms with van der Waals surface area (Å²) in [4.78, 5) is 47.4. The van der Waals surface area contributed by atoms with E-state index in [-0.39, 0.29) is 0 Å². The van der Waals surface area contributed by atoms with E-state index in [9.17, 15) is 19.2 Å². The SMILES string of the molecule is CN1C(=O)C(=O)N(CC(=O)Nc2ccc(Br)cc2)C1=O. The van der Waals surface area contributed by atoms with E-state index in [1.807, 2.05) is 0 Å². The Labute approximate surface area is 122 Å². The van der Waals surface area contributed by atoms with Crippen LogP contribution < -0.4 is 5.32 Å². The topological polar surface area (TPSA) is 86.8 Å². The van der Waals surface area contributed by atoms with Gasteiger partial charge in [0.05, 0.1) is 0 Å². The third kappa shape index (κ3) is 2.69. The number of benzene rings is 1. The average molecular weight is 340 g/mol. The van der Waals surface area contributed by atoms with E-state index in [2.05, 4.69) is 21.2 Å². The standard InChI is InChI=1S/C12H10BrN3O4/c1-15-10(18)11(19)16(12(15)20)6-9(17)14-8-4-2-7(13)3-5-8/h2-5H,6H2,1H3,(H,14,17). The third-order valence-corrected chi connectivity index (χ3v) is 3.21. The van der Waals surface area contributed by atoms with Crippen molar-refractivity contribution in [2.45, 2.75) is 0 Å². The van der Waals surface area contributed by atoms with Gasteiger partial charge in [-0.25, -0.2) is 9.69 Å². The highest BCUT2D eigenvalue weighted by atomic mass is 79.9. The number of carbonyl (C=O) groups excluding carboxylic acids is 4. The Kier molecular flexibility index (Phi) is 3.84. The highest BCUT2D eigenvalue weighted by Crippen LogP contribution is 2.14. The van der Waals surface area contributed by atoms with Gasteiger partial charge in [-0.2, -0.15) is 0 Å². The van der Waals surface area contributed by atoms with Crippen molar-refractivity contribution in [2.75, 3.05) is 18.9 Å². The maximum absolute atomic E-state index is 11.8. The van der Waals surface area contributed by atoms with Crippen LogP contribution in [0.25, 0.3) is 0 Å². The molecule has 1 aromatic rings. The Morgan fingerprint density at radius 3 is 2.25 bits per heavy atom. The van der Waals surface area contributed by atoms with Gasteiger partial charge in [-0.3, -0.25) is 19.3 Å². The molecule has 0 saturated carbocycles. The van der Waals surface area contributed by atoms with Gasteiger partial charge in [0.25, 0.3) is 0 Å². The first-order chi connectivity index (χ1) is 9.40. The molecule has 104 valence electrons. The summed E-state index contributed by atoms with van der Waals surface area (Å²) in [6.07, 6.45) is 0. The van der Waals surface area contributed by atoms with Crippen molar-refractivity contribution < 1.29 is 19.2 Å². The highest BCUT2D eigenvalue weighted by molar-refractivity contribution is 9.10. The summed E-state index contributed by atoms with van der Waals surface area (Å²) in [5.41, 5.74) is 0.525. The lowest BCUT2D eigenvalue weighted by Gasteiger charge is -2.12. The number of imide groups is 2. The number of halogens is 1. The van der Waals surface area contributed by atoms with Crippen molar-refractivity contribution in [3.05, 3.63) is 28.7 Å². The van der Waals surface area contributed by atoms with E-state index >= 15 is 0 Å². The van der Waals surface area contributed by atoms with Crippen molar-refractivity contribution in [1.82, 2.24) is 9.80 Å². The van der Waals surface area contributed by atoms with Gasteiger partial charge in [0.1, 0.15) is 6.54 Å². The maximum Gasteiger partial charge on any atom is 0.334 e. The second-order valence-corrected chi connectivity index (χ2v) is 5.01. The maximum atomic E-state index is 11.8. The van der Waals surface area contributed by atoms with Gasteiger partial charge in [0.2, 0.25) is 5.91 Å². The smallest absolute Gasteiger partial charge is 0.325 e. The van der Waals surface area contributed by atoms with Crippen LogP contribution in [0.15, 0.2) is 28.7 Å². The molecule has 0 unspecified atom stereocenters. The number of likely N-dealkylation sites (N-methyl/N-ethyl adjacent to an activating group) is 1. The lowest BCUT2D eigenvalue weighted by atomic mass is 10.3. The summed E-state index contributed by atoms with van der Waals surface area (Å²) in [5.74, 6) is -2.49. The van der Waals surface area contributed by atoms with Gasteiger partial charge in [0, 0.05) is 17.2 Å². The van der Waals surface area contributed by atoms with Crippen LogP contribution in [0.4, 0.5) is 10.5 Å². The van der Waals surface area contributed by atoms with Gasteiger partial charge in [-0.1, -0.05) is 15.9 Å². The molecule has 1 fully saturated rings. The first kappa shape index (κ1) is 14.2. The normalized spacial score (nSPS) is 15.0. The number of amides is 5. The van der Waals surface area contributed by atoms with Crippen molar-refractivity contribution >= 4 is 45.4 Å². The summed E-state index contributed by atoms with van der Waals surface area (Å²) in [6, 6.07) is 5.99. The number of hydrogen-bond donors (Lipinski definition) is 1. The second kappa shape index (κ2) is 5.41. The van der Waals surface area contributed by atoms with Crippen LogP contribution in [0, 0.1) is 0 Å². The fraction of sp³-hybridized carbons (Fsp3) is 0.167. The molecule has 1 aliphatic rings. The Morgan fingerprint density at radius 1 is 1.15 bits per heavy atom. The van der Waals surface area contributed by atoms with Crippen LogP contribution in [0.2, 0.25) is 0 Å². The van der Waals surface area contributed by atoms with Crippen LogP contribution in [-0.2, 0) is 14.4 Å².